The molecule has 4 saturated carbocycles. The first-order valence-electron chi connectivity index (χ1n) is 9.86. The lowest BCUT2D eigenvalue weighted by molar-refractivity contribution is -0.337. The van der Waals surface area contributed by atoms with Gasteiger partial charge in [0.2, 0.25) is 5.79 Å². The molecule has 32 heavy (non-hydrogen) atoms. The van der Waals surface area contributed by atoms with Gasteiger partial charge < -0.3 is 14.2 Å². The second-order valence-electron chi connectivity index (χ2n) is 8.98. The Kier molecular flexibility index (Phi) is 5.81. The number of fused-ring (bicyclic) bond motifs is 1. The minimum atomic E-state index is -5.92. The predicted molar refractivity (Wildman–Crippen MR) is 132 cm³/mol. The summed E-state index contributed by atoms with van der Waals surface area (Å²) < 4.78 is 79.8. The first-order chi connectivity index (χ1) is 14.8. The number of esters is 1. The molecule has 6 rings (SSSR count). The molecule has 4 aliphatic carbocycles. The van der Waals surface area contributed by atoms with E-state index in [0.29, 0.717) is 13.0 Å². The molecule has 1 heterocycles. The van der Waals surface area contributed by atoms with Gasteiger partial charge >= 0.3 is 21.3 Å². The van der Waals surface area contributed by atoms with Crippen LogP contribution in [-0.4, -0.2) is 35.6 Å². The van der Waals surface area contributed by atoms with Crippen molar-refractivity contribution in [3.63, 3.8) is 0 Å². The highest BCUT2D eigenvalue weighted by atomic mass is 127. The highest BCUT2D eigenvalue weighted by molar-refractivity contribution is 14.1. The van der Waals surface area contributed by atoms with Gasteiger partial charge in [-0.05, 0) is 112 Å². The van der Waals surface area contributed by atoms with Crippen LogP contribution in [0.4, 0.5) is 8.78 Å². The van der Waals surface area contributed by atoms with Crippen LogP contribution in [0.3, 0.4) is 0 Å². The maximum atomic E-state index is 13.9. The van der Waals surface area contributed by atoms with Crippen molar-refractivity contribution in [2.45, 2.75) is 55.4 Å². The van der Waals surface area contributed by atoms with Gasteiger partial charge in [0.15, 0.2) is 0 Å². The fraction of sp³-hybridized carbons (Fsp3) is 0.632. The van der Waals surface area contributed by atoms with Crippen molar-refractivity contribution in [2.24, 2.45) is 17.8 Å². The van der Waals surface area contributed by atoms with E-state index in [1.54, 1.807) is 0 Å². The molecule has 1 aliphatic heterocycles. The molecule has 2 atom stereocenters. The number of halogens is 5. The van der Waals surface area contributed by atoms with E-state index in [4.69, 9.17) is 18.8 Å². The molecule has 176 valence electrons. The average molecular weight is 808 g/mol. The van der Waals surface area contributed by atoms with Crippen molar-refractivity contribution in [1.29, 1.82) is 0 Å². The van der Waals surface area contributed by atoms with Crippen molar-refractivity contribution in [3.8, 4) is 5.75 Å². The molecule has 1 aromatic rings. The molecule has 0 saturated heterocycles. The Labute approximate surface area is 223 Å². The fourth-order valence-electron chi connectivity index (χ4n) is 5.97. The van der Waals surface area contributed by atoms with Crippen LogP contribution in [-0.2, 0) is 31.0 Å². The summed E-state index contributed by atoms with van der Waals surface area (Å²) in [5.74, 6) is -2.65. The maximum Gasteiger partial charge on any atom is 0.465 e. The van der Waals surface area contributed by atoms with Crippen LogP contribution in [0.15, 0.2) is 6.07 Å². The number of ether oxygens (including phenoxy) is 3. The third-order valence-electron chi connectivity index (χ3n) is 7.08. The van der Waals surface area contributed by atoms with Gasteiger partial charge in [-0.3, -0.25) is 4.55 Å². The Bertz CT molecular complexity index is 1110. The zero-order chi connectivity index (χ0) is 23.3. The standard InChI is InChI=1S/C19H17F2I3O7S/c20-19(21,32(26,27)28)16(25)31-17-4-8-1-9(5-17)18(10(2-8)6-17)29-7-11-13(30-18)3-12(22)15(24)14(11)23/h3,8-10H,1-2,4-7H2,(H,26,27,28). The molecule has 0 radical (unpaired) electrons. The molecule has 4 bridgehead atoms. The van der Waals surface area contributed by atoms with Crippen LogP contribution < -0.4 is 4.74 Å². The molecular formula is C19H17F2I3O7S. The van der Waals surface area contributed by atoms with Gasteiger partial charge in [0.05, 0.1) is 6.61 Å². The van der Waals surface area contributed by atoms with Gasteiger partial charge in [-0.2, -0.15) is 17.2 Å². The summed E-state index contributed by atoms with van der Waals surface area (Å²) in [7, 11) is -5.92. The van der Waals surface area contributed by atoms with Gasteiger partial charge in [0.1, 0.15) is 11.4 Å². The van der Waals surface area contributed by atoms with Crippen LogP contribution in [0.1, 0.15) is 37.7 Å². The van der Waals surface area contributed by atoms with E-state index in [2.05, 4.69) is 67.8 Å². The lowest BCUT2D eigenvalue weighted by atomic mass is 9.51. The van der Waals surface area contributed by atoms with E-state index in [1.807, 2.05) is 6.07 Å². The monoisotopic (exact) mass is 808 g/mol. The lowest BCUT2D eigenvalue weighted by Gasteiger charge is -2.63. The maximum absolute atomic E-state index is 13.9. The minimum absolute atomic E-state index is 0.135. The molecule has 7 nitrogen and oxygen atoms in total. The number of benzene rings is 1. The molecular weight excluding hydrogens is 791 g/mol. The van der Waals surface area contributed by atoms with Gasteiger partial charge in [0.25, 0.3) is 0 Å². The molecule has 0 amide bonds. The Morgan fingerprint density at radius 2 is 1.78 bits per heavy atom. The molecule has 0 aromatic heterocycles. The second kappa shape index (κ2) is 7.70. The third-order valence-corrected chi connectivity index (χ3v) is 13.1. The molecule has 1 N–H and O–H groups in total. The molecule has 1 spiro atoms. The summed E-state index contributed by atoms with van der Waals surface area (Å²) >= 11 is 6.82. The minimum Gasteiger partial charge on any atom is -0.461 e. The SMILES string of the molecule is O=C(OC12CC3CC(C1)C1(OCc4c(cc(I)c(I)c4I)O1)C(C3)C2)C(F)(F)S(=O)(=O)O. The van der Waals surface area contributed by atoms with E-state index >= 15 is 0 Å². The number of rotatable bonds is 3. The Balaban J connectivity index is 1.44. The Morgan fingerprint density at radius 1 is 1.16 bits per heavy atom. The van der Waals surface area contributed by atoms with Gasteiger partial charge in [-0.15, -0.1) is 0 Å². The quantitative estimate of drug-likeness (QED) is 0.205. The first kappa shape index (κ1) is 24.1. The first-order valence-corrected chi connectivity index (χ1v) is 14.5. The van der Waals surface area contributed by atoms with E-state index < -0.39 is 32.7 Å². The average Bonchev–Trinajstić information content (AvgIpc) is 2.68. The van der Waals surface area contributed by atoms with Crippen molar-refractivity contribution in [1.82, 2.24) is 0 Å². The van der Waals surface area contributed by atoms with Gasteiger partial charge in [0, 0.05) is 28.1 Å². The van der Waals surface area contributed by atoms with Gasteiger partial charge in [-0.1, -0.05) is 0 Å². The normalized spacial score (nSPS) is 35.5. The largest absolute Gasteiger partial charge is 0.465 e. The fourth-order valence-corrected chi connectivity index (χ4v) is 8.48. The van der Waals surface area contributed by atoms with Crippen LogP contribution in [0, 0.1) is 28.5 Å². The number of alkyl halides is 2. The third kappa shape index (κ3) is 3.52. The highest BCUT2D eigenvalue weighted by Crippen LogP contribution is 2.64. The van der Waals surface area contributed by atoms with Crippen LogP contribution >= 0.6 is 67.8 Å². The van der Waals surface area contributed by atoms with E-state index in [9.17, 15) is 22.0 Å². The Morgan fingerprint density at radius 3 is 2.38 bits per heavy atom. The molecule has 13 heteroatoms. The van der Waals surface area contributed by atoms with Crippen LogP contribution in [0.5, 0.6) is 5.75 Å². The summed E-state index contributed by atoms with van der Waals surface area (Å²) in [5.41, 5.74) is -0.238. The van der Waals surface area contributed by atoms with Gasteiger partial charge in [-0.25, -0.2) is 4.79 Å². The van der Waals surface area contributed by atoms with Crippen LogP contribution in [0.2, 0.25) is 0 Å². The molecule has 1 aromatic carbocycles. The number of carbonyl (C=O) groups excluding carboxylic acids is 1. The van der Waals surface area contributed by atoms with Crippen molar-refractivity contribution < 1.29 is 40.8 Å². The number of carbonyl (C=O) groups is 1. The Hall–Kier alpha value is 0.410. The zero-order valence-corrected chi connectivity index (χ0v) is 23.5. The number of hydrogen-bond acceptors (Lipinski definition) is 6. The highest BCUT2D eigenvalue weighted by Gasteiger charge is 2.68. The zero-order valence-electron chi connectivity index (χ0n) is 16.2. The predicted octanol–water partition coefficient (Wildman–Crippen LogP) is 4.71. The summed E-state index contributed by atoms with van der Waals surface area (Å²) in [5, 5.41) is -5.00. The van der Waals surface area contributed by atoms with Crippen molar-refractivity contribution in [3.05, 3.63) is 22.3 Å². The smallest absolute Gasteiger partial charge is 0.461 e. The molecule has 2 unspecified atom stereocenters. The second-order valence-corrected chi connectivity index (χ2v) is 13.8. The van der Waals surface area contributed by atoms with Crippen molar-refractivity contribution >= 4 is 83.9 Å². The molecule has 5 aliphatic rings. The number of hydrogen-bond donors (Lipinski definition) is 1. The topological polar surface area (TPSA) is 99.1 Å². The summed E-state index contributed by atoms with van der Waals surface area (Å²) in [4.78, 5) is 12.1. The van der Waals surface area contributed by atoms with E-state index in [1.165, 1.54) is 0 Å². The summed E-state index contributed by atoms with van der Waals surface area (Å²) in [6.07, 6.45) is 2.35. The summed E-state index contributed by atoms with van der Waals surface area (Å²) in [6.45, 7) is 0.367. The van der Waals surface area contributed by atoms with Crippen molar-refractivity contribution in [2.75, 3.05) is 0 Å². The summed E-state index contributed by atoms with van der Waals surface area (Å²) in [6, 6.07) is 1.98. The van der Waals surface area contributed by atoms with E-state index in [0.717, 1.165) is 34.9 Å². The lowest BCUT2D eigenvalue weighted by Crippen LogP contribution is -2.68. The van der Waals surface area contributed by atoms with E-state index in [-0.39, 0.29) is 30.6 Å². The van der Waals surface area contributed by atoms with Crippen LogP contribution in [0.25, 0.3) is 0 Å². The molecule has 4 fully saturated rings.